The number of aliphatic hydroxyl groups excluding tert-OH is 1. The van der Waals surface area contributed by atoms with Crippen LogP contribution in [0.15, 0.2) is 91.0 Å². The summed E-state index contributed by atoms with van der Waals surface area (Å²) in [7, 11) is 9.12. The molecule has 0 aliphatic carbocycles. The molecule has 0 unspecified atom stereocenters. The summed E-state index contributed by atoms with van der Waals surface area (Å²) >= 11 is 0. The summed E-state index contributed by atoms with van der Waals surface area (Å²) < 4.78 is 0. The molecule has 0 saturated carbocycles. The average Bonchev–Trinajstić information content (AvgIpc) is 0.859. The van der Waals surface area contributed by atoms with E-state index in [2.05, 4.69) is 179 Å². The molecule has 2 atom stereocenters. The minimum Gasteiger partial charge on any atom is -0.394 e. The largest absolute Gasteiger partial charge is 0.394 e. The van der Waals surface area contributed by atoms with Crippen molar-refractivity contribution in [2.75, 3.05) is 55.4 Å². The molecule has 0 radical (unpaired) electrons. The third-order valence-electron chi connectivity index (χ3n) is 9.07. The van der Waals surface area contributed by atoms with Crippen LogP contribution in [0, 0.1) is 23.7 Å². The topological polar surface area (TPSA) is 566 Å². The van der Waals surface area contributed by atoms with E-state index in [0.717, 1.165) is 74.4 Å². The molecule has 612 valence electrons. The van der Waals surface area contributed by atoms with Gasteiger partial charge in [-0.2, -0.15) is 0 Å². The number of amides is 3. The molecular formula is C74H167N13O14. The number of piperidine rings is 1. The van der Waals surface area contributed by atoms with Gasteiger partial charge in [-0.05, 0) is 128 Å². The fraction of sp³-hybridized carbons (Fsp3) is 0.581. The van der Waals surface area contributed by atoms with Crippen LogP contribution in [0.2, 0.25) is 0 Å². The highest BCUT2D eigenvalue weighted by atomic mass is 16.3. The van der Waals surface area contributed by atoms with Crippen LogP contribution in [-0.4, -0.2) is 174 Å². The van der Waals surface area contributed by atoms with E-state index in [9.17, 15) is 14.4 Å². The van der Waals surface area contributed by atoms with Crippen molar-refractivity contribution in [3.8, 4) is 0 Å². The van der Waals surface area contributed by atoms with Gasteiger partial charge in [-0.1, -0.05) is 215 Å². The third kappa shape index (κ3) is 207. The molecule has 0 bridgehead atoms. The summed E-state index contributed by atoms with van der Waals surface area (Å²) in [6, 6.07) is 29.2. The number of likely N-dealkylation sites (N-methyl/N-ethyl adjacent to an activating group) is 1. The zero-order chi connectivity index (χ0) is 82.0. The Morgan fingerprint density at radius 2 is 0.614 bits per heavy atom. The summed E-state index contributed by atoms with van der Waals surface area (Å²) in [5.74, 6) is 2.90. The number of hydrogen-bond acceptors (Lipinski definition) is 24. The maximum atomic E-state index is 12.8. The lowest BCUT2D eigenvalue weighted by Gasteiger charge is -2.31. The van der Waals surface area contributed by atoms with Crippen molar-refractivity contribution in [2.45, 2.75) is 208 Å². The van der Waals surface area contributed by atoms with Crippen molar-refractivity contribution in [1.29, 1.82) is 0 Å². The van der Waals surface area contributed by atoms with E-state index in [1.165, 1.54) is 71.0 Å². The van der Waals surface area contributed by atoms with E-state index in [1.807, 2.05) is 129 Å². The summed E-state index contributed by atoms with van der Waals surface area (Å²) in [6.45, 7) is 62.7. The molecule has 0 aromatic heterocycles. The van der Waals surface area contributed by atoms with E-state index in [0.29, 0.717) is 6.42 Å². The van der Waals surface area contributed by atoms with E-state index in [-0.39, 0.29) is 54.6 Å². The second-order valence-electron chi connectivity index (χ2n) is 18.8. The number of benzene rings is 3. The average molecular weight is 1460 g/mol. The molecule has 27 heteroatoms. The van der Waals surface area contributed by atoms with Crippen molar-refractivity contribution in [3.63, 3.8) is 0 Å². The lowest BCUT2D eigenvalue weighted by molar-refractivity contribution is -0.140. The Hall–Kier alpha value is -7.67. The zero-order valence-corrected chi connectivity index (χ0v) is 69.4. The van der Waals surface area contributed by atoms with Crippen molar-refractivity contribution < 1.29 is 67.4 Å². The second-order valence-corrected chi connectivity index (χ2v) is 18.8. The zero-order valence-electron chi connectivity index (χ0n) is 69.4. The van der Waals surface area contributed by atoms with E-state index in [4.69, 9.17) is 53.1 Å². The van der Waals surface area contributed by atoms with Gasteiger partial charge in [0.15, 0.2) is 0 Å². The van der Waals surface area contributed by atoms with Crippen LogP contribution in [0.1, 0.15) is 187 Å². The molecule has 1 aliphatic rings. The lowest BCUT2D eigenvalue weighted by Crippen LogP contribution is -2.54. The van der Waals surface area contributed by atoms with Gasteiger partial charge < -0.3 is 128 Å². The third-order valence-corrected chi connectivity index (χ3v) is 9.07. The Morgan fingerprint density at radius 1 is 0.426 bits per heavy atom. The van der Waals surface area contributed by atoms with Crippen molar-refractivity contribution in [2.24, 2.45) is 52.3 Å². The highest BCUT2D eigenvalue weighted by Crippen LogP contribution is 2.12. The van der Waals surface area contributed by atoms with Gasteiger partial charge in [0, 0.05) is 39.6 Å². The molecule has 1 saturated heterocycles. The number of carbonyl (C=O) groups is 13. The monoisotopic (exact) mass is 1460 g/mol. The number of likely N-dealkylation sites (tertiary alicyclic amines) is 1. The smallest absolute Gasteiger partial charge is 0.244 e. The number of aliphatic hydroxyl groups is 1. The van der Waals surface area contributed by atoms with Crippen LogP contribution in [0.5, 0.6) is 0 Å². The van der Waals surface area contributed by atoms with Gasteiger partial charge in [-0.3, -0.25) is 14.4 Å². The Balaban J connectivity index is -0.0000000287. The molecule has 1 heterocycles. The standard InChI is InChI=1S/C20H29N3O3.2C8H10.2C5H12.2C4H10.C3H8O.C2H6.5CH5N.10CH2O.5H3N/c1-15(20(26)23-12-8-5-9-13-23)21-19(25)18(22(3)16(2)24)14-17-10-6-4-7-11-17;2*1-2-8-6-4-3-5-7-8;2*1-4-5(2)3;2*1-4(2)3;1-3(2)4;16*1-2;;;;;/h4,6-7,10-11,15,18H,5,8-9,12-14H2,1-3H3,(H,21,25);2*3-7H,2H2,1H3;2*5H,4H2,1-3H3;2*4H,1-3H3;3-4H,1-2H3;1-2H3;5*2H2,1H3;10*1H2;5*1H3/t15-,18-;;;;;;;;;;;;;;;;;;;;;;;;;;;;/m0............................/s1. The Labute approximate surface area is 619 Å². The predicted molar refractivity (Wildman–Crippen MR) is 439 cm³/mol. The van der Waals surface area contributed by atoms with Crippen LogP contribution in [0.3, 0.4) is 0 Å². The Morgan fingerprint density at radius 3 is 0.772 bits per heavy atom. The minimum atomic E-state index is -0.647. The van der Waals surface area contributed by atoms with Gasteiger partial charge in [0.25, 0.3) is 0 Å². The number of carbonyl (C=O) groups excluding carboxylic acids is 13. The maximum Gasteiger partial charge on any atom is 0.244 e. The quantitative estimate of drug-likeness (QED) is 0.0897. The lowest BCUT2D eigenvalue weighted by atomic mass is 10.0. The molecule has 27 nitrogen and oxygen atoms in total. The fourth-order valence-corrected chi connectivity index (χ4v) is 4.65. The van der Waals surface area contributed by atoms with Gasteiger partial charge in [0.05, 0.1) is 0 Å². The Kier molecular flexibility index (Phi) is 324. The molecule has 3 aromatic carbocycles. The number of nitrogens with zero attached hydrogens (tertiary/aromatic N) is 2. The van der Waals surface area contributed by atoms with Crippen molar-refractivity contribution >= 4 is 85.6 Å². The van der Waals surface area contributed by atoms with Gasteiger partial charge in [-0.15, -0.1) is 0 Å². The number of aryl methyl sites for hydroxylation is 2. The fourth-order valence-electron chi connectivity index (χ4n) is 4.65. The highest BCUT2D eigenvalue weighted by molar-refractivity contribution is 5.91. The van der Waals surface area contributed by atoms with Crippen molar-refractivity contribution in [3.05, 3.63) is 108 Å². The first-order valence-corrected chi connectivity index (χ1v) is 31.4. The van der Waals surface area contributed by atoms with Crippen LogP contribution in [-0.2, 0) is 81.6 Å². The molecule has 1 fully saturated rings. The predicted octanol–water partition coefficient (Wildman–Crippen LogP) is 11.8. The summed E-state index contributed by atoms with van der Waals surface area (Å²) in [6.07, 6.45) is 8.30. The Bertz CT molecular complexity index is 1590. The van der Waals surface area contributed by atoms with Gasteiger partial charge >= 0.3 is 0 Å². The number of nitrogens with one attached hydrogen (secondary N) is 1. The minimum absolute atomic E-state index is 0. The molecule has 3 aromatic rings. The van der Waals surface area contributed by atoms with Crippen LogP contribution < -0.4 is 64.7 Å². The van der Waals surface area contributed by atoms with Gasteiger partial charge in [0.2, 0.25) is 17.7 Å². The SMILES string of the molecule is C=O.C=O.C=O.C=O.C=O.C=O.C=O.C=O.C=O.C=O.CC.CC(=O)N(C)[C@@H](Cc1ccccc1)C(=O)N[C@@H](C)C(=O)N1CCCCC1.CC(C)C.CC(C)C.CC(C)O.CCC(C)C.CCC(C)C.CCc1ccccc1.CCc1ccccc1.CN.CN.CN.CN.CN.N.N.N.N.N. The first-order chi connectivity index (χ1) is 46.0. The van der Waals surface area contributed by atoms with E-state index < -0.39 is 12.1 Å². The van der Waals surface area contributed by atoms with Crippen LogP contribution in [0.25, 0.3) is 0 Å². The summed E-state index contributed by atoms with van der Waals surface area (Å²) in [4.78, 5) is 120. The molecule has 1 aliphatic heterocycles. The van der Waals surface area contributed by atoms with Crippen LogP contribution in [0.4, 0.5) is 0 Å². The summed E-state index contributed by atoms with van der Waals surface area (Å²) in [5, 5.41) is 10.9. The van der Waals surface area contributed by atoms with Gasteiger partial charge in [0.1, 0.15) is 80.0 Å². The molecule has 27 N–H and O–H groups in total. The maximum absolute atomic E-state index is 12.8. The van der Waals surface area contributed by atoms with Gasteiger partial charge in [-0.25, -0.2) is 0 Å². The molecule has 0 spiro atoms. The highest BCUT2D eigenvalue weighted by Gasteiger charge is 2.29. The molecule has 101 heavy (non-hydrogen) atoms. The summed E-state index contributed by atoms with van der Waals surface area (Å²) in [5.41, 5.74) is 26.3. The normalized spacial score (nSPS) is 8.47. The number of hydrogen-bond donors (Lipinski definition) is 12. The number of nitrogens with two attached hydrogens (primary N) is 5. The van der Waals surface area contributed by atoms with Crippen LogP contribution >= 0.6 is 0 Å². The van der Waals surface area contributed by atoms with Crippen molar-refractivity contribution in [1.82, 2.24) is 45.9 Å². The first kappa shape index (κ1) is 170. The first-order valence-electron chi connectivity index (χ1n) is 31.4. The van der Waals surface area contributed by atoms with E-state index in [1.54, 1.807) is 27.8 Å². The molecule has 4 rings (SSSR count). The second kappa shape index (κ2) is 192. The number of rotatable bonds is 10. The van der Waals surface area contributed by atoms with E-state index >= 15 is 0 Å². The molecular weight excluding hydrogens is 1290 g/mol. The molecule has 3 amide bonds.